The van der Waals surface area contributed by atoms with Gasteiger partial charge in [-0.2, -0.15) is 0 Å². The second-order valence-electron chi connectivity index (χ2n) is 7.81. The van der Waals surface area contributed by atoms with Gasteiger partial charge in [0.25, 0.3) is 0 Å². The van der Waals surface area contributed by atoms with Crippen LogP contribution in [0.15, 0.2) is 97.3 Å². The van der Waals surface area contributed by atoms with Crippen LogP contribution in [-0.4, -0.2) is 15.0 Å². The number of rotatable bonds is 3. The van der Waals surface area contributed by atoms with Crippen molar-refractivity contribution in [1.82, 2.24) is 15.0 Å². The molecule has 0 atom stereocenters. The van der Waals surface area contributed by atoms with Gasteiger partial charge in [-0.1, -0.05) is 60.7 Å². The third-order valence-corrected chi connectivity index (χ3v) is 6.82. The summed E-state index contributed by atoms with van der Waals surface area (Å²) < 4.78 is 2.59. The quantitative estimate of drug-likeness (QED) is 0.291. The van der Waals surface area contributed by atoms with Crippen LogP contribution < -0.4 is 0 Å². The molecule has 32 heavy (non-hydrogen) atoms. The Labute approximate surface area is 190 Å². The molecule has 4 heteroatoms. The zero-order chi connectivity index (χ0) is 21.5. The third-order valence-electron chi connectivity index (χ3n) is 5.69. The predicted molar refractivity (Wildman–Crippen MR) is 134 cm³/mol. The first-order valence-electron chi connectivity index (χ1n) is 10.5. The molecule has 0 radical (unpaired) electrons. The van der Waals surface area contributed by atoms with Crippen LogP contribution in [0.25, 0.3) is 53.8 Å². The predicted octanol–water partition coefficient (Wildman–Crippen LogP) is 7.55. The van der Waals surface area contributed by atoms with Crippen LogP contribution in [0, 0.1) is 6.92 Å². The van der Waals surface area contributed by atoms with Crippen molar-refractivity contribution < 1.29 is 0 Å². The van der Waals surface area contributed by atoms with Gasteiger partial charge in [0.1, 0.15) is 5.82 Å². The van der Waals surface area contributed by atoms with Gasteiger partial charge in [0.2, 0.25) is 0 Å². The molecule has 0 aliphatic rings. The van der Waals surface area contributed by atoms with Crippen molar-refractivity contribution in [1.29, 1.82) is 0 Å². The van der Waals surface area contributed by atoms with E-state index in [1.807, 2.05) is 30.5 Å². The molecule has 3 aromatic carbocycles. The Hall–Kier alpha value is -3.89. The SMILES string of the molecule is Cc1nc(-c2ccc(-c3cccnc3)cc2)cc(-c2ccc3c(c2)sc2ccccc23)n1. The molecule has 6 aromatic rings. The van der Waals surface area contributed by atoms with Crippen LogP contribution in [-0.2, 0) is 0 Å². The Morgan fingerprint density at radius 3 is 2.12 bits per heavy atom. The number of pyridine rings is 1. The maximum Gasteiger partial charge on any atom is 0.126 e. The number of hydrogen-bond acceptors (Lipinski definition) is 4. The fraction of sp³-hybridized carbons (Fsp3) is 0.0357. The summed E-state index contributed by atoms with van der Waals surface area (Å²) in [4.78, 5) is 13.7. The number of benzene rings is 3. The van der Waals surface area contributed by atoms with E-state index in [4.69, 9.17) is 9.97 Å². The van der Waals surface area contributed by atoms with Crippen molar-refractivity contribution in [2.75, 3.05) is 0 Å². The number of nitrogens with zero attached hydrogens (tertiary/aromatic N) is 3. The third kappa shape index (κ3) is 3.35. The summed E-state index contributed by atoms with van der Waals surface area (Å²) in [5, 5.41) is 2.61. The van der Waals surface area contributed by atoms with Crippen molar-refractivity contribution in [3.63, 3.8) is 0 Å². The molecule has 0 unspecified atom stereocenters. The molecule has 3 nitrogen and oxygen atoms in total. The molecule has 0 saturated heterocycles. The first-order valence-corrected chi connectivity index (χ1v) is 11.3. The summed E-state index contributed by atoms with van der Waals surface area (Å²) in [6, 6.07) is 29.8. The minimum Gasteiger partial charge on any atom is -0.264 e. The average molecular weight is 430 g/mol. The van der Waals surface area contributed by atoms with Crippen LogP contribution in [0.3, 0.4) is 0 Å². The fourth-order valence-corrected chi connectivity index (χ4v) is 5.26. The number of fused-ring (bicyclic) bond motifs is 3. The number of aromatic nitrogens is 3. The first kappa shape index (κ1) is 18.8. The van der Waals surface area contributed by atoms with Gasteiger partial charge in [-0.15, -0.1) is 11.3 Å². The van der Waals surface area contributed by atoms with E-state index >= 15 is 0 Å². The molecule has 0 aliphatic carbocycles. The second-order valence-corrected chi connectivity index (χ2v) is 8.90. The van der Waals surface area contributed by atoms with Crippen LogP contribution in [0.4, 0.5) is 0 Å². The highest BCUT2D eigenvalue weighted by Crippen LogP contribution is 2.36. The zero-order valence-electron chi connectivity index (χ0n) is 17.5. The van der Waals surface area contributed by atoms with Crippen molar-refractivity contribution in [3.8, 4) is 33.6 Å². The van der Waals surface area contributed by atoms with E-state index in [1.165, 1.54) is 20.2 Å². The Morgan fingerprint density at radius 2 is 1.31 bits per heavy atom. The maximum absolute atomic E-state index is 4.74. The number of aryl methyl sites for hydroxylation is 1. The zero-order valence-corrected chi connectivity index (χ0v) is 18.3. The Kier molecular flexibility index (Phi) is 4.51. The molecule has 0 N–H and O–H groups in total. The van der Waals surface area contributed by atoms with Crippen LogP contribution in [0.5, 0.6) is 0 Å². The molecule has 0 aliphatic heterocycles. The maximum atomic E-state index is 4.74. The summed E-state index contributed by atoms with van der Waals surface area (Å²) in [6.45, 7) is 1.95. The summed E-state index contributed by atoms with van der Waals surface area (Å²) in [5.74, 6) is 0.769. The molecule has 0 fully saturated rings. The molecular weight excluding hydrogens is 410 g/mol. The molecule has 0 amide bonds. The van der Waals surface area contributed by atoms with Gasteiger partial charge in [-0.05, 0) is 42.3 Å². The van der Waals surface area contributed by atoms with E-state index < -0.39 is 0 Å². The summed E-state index contributed by atoms with van der Waals surface area (Å²) in [5.41, 5.74) is 6.32. The Morgan fingerprint density at radius 1 is 0.594 bits per heavy atom. The van der Waals surface area contributed by atoms with Crippen molar-refractivity contribution in [3.05, 3.63) is 103 Å². The highest BCUT2D eigenvalue weighted by molar-refractivity contribution is 7.25. The molecule has 0 saturated carbocycles. The van der Waals surface area contributed by atoms with Crippen LogP contribution >= 0.6 is 11.3 Å². The van der Waals surface area contributed by atoms with E-state index in [2.05, 4.69) is 83.8 Å². The smallest absolute Gasteiger partial charge is 0.126 e. The van der Waals surface area contributed by atoms with Gasteiger partial charge < -0.3 is 0 Å². The first-order chi connectivity index (χ1) is 15.7. The van der Waals surface area contributed by atoms with Gasteiger partial charge >= 0.3 is 0 Å². The molecule has 3 heterocycles. The molecule has 3 aromatic heterocycles. The molecule has 6 rings (SSSR count). The average Bonchev–Trinajstić information content (AvgIpc) is 3.22. The van der Waals surface area contributed by atoms with Crippen LogP contribution in [0.2, 0.25) is 0 Å². The normalized spacial score (nSPS) is 11.3. The van der Waals surface area contributed by atoms with Crippen molar-refractivity contribution in [2.45, 2.75) is 6.92 Å². The molecule has 0 spiro atoms. The van der Waals surface area contributed by atoms with Gasteiger partial charge in [0, 0.05) is 43.7 Å². The summed E-state index contributed by atoms with van der Waals surface area (Å²) >= 11 is 1.83. The molecule has 152 valence electrons. The Bertz CT molecular complexity index is 1570. The highest BCUT2D eigenvalue weighted by Gasteiger charge is 2.10. The Balaban J connectivity index is 1.40. The topological polar surface area (TPSA) is 38.7 Å². The van der Waals surface area contributed by atoms with E-state index in [0.717, 1.165) is 39.5 Å². The van der Waals surface area contributed by atoms with E-state index in [0.29, 0.717) is 0 Å². The van der Waals surface area contributed by atoms with E-state index in [9.17, 15) is 0 Å². The van der Waals surface area contributed by atoms with E-state index in [1.54, 1.807) is 6.20 Å². The van der Waals surface area contributed by atoms with Crippen LogP contribution in [0.1, 0.15) is 5.82 Å². The van der Waals surface area contributed by atoms with Gasteiger partial charge in [-0.25, -0.2) is 9.97 Å². The van der Waals surface area contributed by atoms with E-state index in [-0.39, 0.29) is 0 Å². The highest BCUT2D eigenvalue weighted by atomic mass is 32.1. The fourth-order valence-electron chi connectivity index (χ4n) is 4.12. The summed E-state index contributed by atoms with van der Waals surface area (Å²) in [7, 11) is 0. The minimum atomic E-state index is 0.769. The van der Waals surface area contributed by atoms with Gasteiger partial charge in [-0.3, -0.25) is 4.98 Å². The standard InChI is InChI=1S/C28H19N3S/c1-18-30-25(20-10-8-19(9-11-20)22-5-4-14-29-17-22)16-26(31-18)21-12-13-24-23-6-2-3-7-27(23)32-28(24)15-21/h2-17H,1H3. The number of thiophene rings is 1. The molecule has 0 bridgehead atoms. The van der Waals surface area contributed by atoms with Gasteiger partial charge in [0.05, 0.1) is 11.4 Å². The largest absolute Gasteiger partial charge is 0.264 e. The summed E-state index contributed by atoms with van der Waals surface area (Å²) in [6.07, 6.45) is 3.67. The minimum absolute atomic E-state index is 0.769. The lowest BCUT2D eigenvalue weighted by Crippen LogP contribution is -1.94. The lowest BCUT2D eigenvalue weighted by atomic mass is 10.0. The number of hydrogen-bond donors (Lipinski definition) is 0. The van der Waals surface area contributed by atoms with Gasteiger partial charge in [0.15, 0.2) is 0 Å². The lowest BCUT2D eigenvalue weighted by Gasteiger charge is -2.08. The van der Waals surface area contributed by atoms with Crippen molar-refractivity contribution in [2.24, 2.45) is 0 Å². The monoisotopic (exact) mass is 429 g/mol. The second kappa shape index (κ2) is 7.66. The lowest BCUT2D eigenvalue weighted by molar-refractivity contribution is 1.06. The van der Waals surface area contributed by atoms with Crippen molar-refractivity contribution >= 4 is 31.5 Å². The molecular formula is C28H19N3S.